The van der Waals surface area contributed by atoms with Gasteiger partial charge >= 0.3 is 0 Å². The van der Waals surface area contributed by atoms with E-state index in [4.69, 9.17) is 0 Å². The minimum Gasteiger partial charge on any atom is -0.351 e. The number of rotatable bonds is 5. The van der Waals surface area contributed by atoms with Crippen LogP contribution in [0.4, 0.5) is 0 Å². The van der Waals surface area contributed by atoms with Gasteiger partial charge in [-0.15, -0.1) is 0 Å². The van der Waals surface area contributed by atoms with Gasteiger partial charge in [0.25, 0.3) is 0 Å². The van der Waals surface area contributed by atoms with Crippen LogP contribution < -0.4 is 10.6 Å². The molecule has 1 saturated carbocycles. The molecule has 2 aliphatic rings. The van der Waals surface area contributed by atoms with Crippen LogP contribution in [0.2, 0.25) is 0 Å². The van der Waals surface area contributed by atoms with E-state index in [1.54, 1.807) is 0 Å². The third-order valence-corrected chi connectivity index (χ3v) is 4.78. The molecule has 1 unspecified atom stereocenters. The Hall–Kier alpha value is -0.620. The van der Waals surface area contributed by atoms with Crippen molar-refractivity contribution in [3.8, 4) is 0 Å². The van der Waals surface area contributed by atoms with E-state index in [1.807, 2.05) is 0 Å². The summed E-state index contributed by atoms with van der Waals surface area (Å²) in [6.07, 6.45) is 3.07. The van der Waals surface area contributed by atoms with Crippen LogP contribution in [0.5, 0.6) is 0 Å². The Morgan fingerprint density at radius 2 is 2.00 bits per heavy atom. The Kier molecular flexibility index (Phi) is 3.49. The molecule has 5 nitrogen and oxygen atoms in total. The second-order valence-electron chi connectivity index (χ2n) is 4.74. The van der Waals surface area contributed by atoms with Gasteiger partial charge in [0, 0.05) is 6.04 Å². The predicted molar refractivity (Wildman–Crippen MR) is 60.8 cm³/mol. The van der Waals surface area contributed by atoms with Crippen LogP contribution in [0.25, 0.3) is 0 Å². The maximum absolute atomic E-state index is 11.4. The van der Waals surface area contributed by atoms with Crippen molar-refractivity contribution in [3.63, 3.8) is 0 Å². The molecule has 2 N–H and O–H groups in total. The van der Waals surface area contributed by atoms with Gasteiger partial charge in [-0.3, -0.25) is 4.79 Å². The van der Waals surface area contributed by atoms with Crippen molar-refractivity contribution < 1.29 is 13.2 Å². The number of sulfone groups is 1. The van der Waals surface area contributed by atoms with Gasteiger partial charge in [-0.2, -0.15) is 0 Å². The standard InChI is InChI=1S/C10H18N2O3S/c13-10(6-11-5-8-1-2-8)12-9-3-4-16(14,15)7-9/h8-9,11H,1-7H2,(H,12,13). The van der Waals surface area contributed by atoms with Gasteiger partial charge in [-0.05, 0) is 31.7 Å². The molecule has 0 aromatic carbocycles. The zero-order valence-electron chi connectivity index (χ0n) is 9.24. The zero-order valence-corrected chi connectivity index (χ0v) is 10.1. The van der Waals surface area contributed by atoms with E-state index in [1.165, 1.54) is 12.8 Å². The lowest BCUT2D eigenvalue weighted by molar-refractivity contribution is -0.120. The van der Waals surface area contributed by atoms with Gasteiger partial charge in [0.05, 0.1) is 18.1 Å². The summed E-state index contributed by atoms with van der Waals surface area (Å²) in [7, 11) is -2.90. The molecule has 1 saturated heterocycles. The van der Waals surface area contributed by atoms with Crippen LogP contribution in [0.15, 0.2) is 0 Å². The maximum atomic E-state index is 11.4. The van der Waals surface area contributed by atoms with E-state index in [9.17, 15) is 13.2 Å². The van der Waals surface area contributed by atoms with E-state index < -0.39 is 9.84 Å². The van der Waals surface area contributed by atoms with Crippen LogP contribution >= 0.6 is 0 Å². The van der Waals surface area contributed by atoms with E-state index in [0.29, 0.717) is 13.0 Å². The number of carbonyl (C=O) groups is 1. The average molecular weight is 246 g/mol. The molecular weight excluding hydrogens is 228 g/mol. The number of amides is 1. The van der Waals surface area contributed by atoms with Crippen LogP contribution in [-0.2, 0) is 14.6 Å². The molecule has 2 rings (SSSR count). The van der Waals surface area contributed by atoms with Crippen LogP contribution in [0, 0.1) is 5.92 Å². The summed E-state index contributed by atoms with van der Waals surface area (Å²) < 4.78 is 22.3. The number of nitrogens with one attached hydrogen (secondary N) is 2. The number of hydrogen-bond acceptors (Lipinski definition) is 4. The van der Waals surface area contributed by atoms with Gasteiger partial charge in [-0.1, -0.05) is 0 Å². The fourth-order valence-corrected chi connectivity index (χ4v) is 3.57. The molecule has 1 amide bonds. The minimum atomic E-state index is -2.90. The lowest BCUT2D eigenvalue weighted by atomic mass is 10.2. The largest absolute Gasteiger partial charge is 0.351 e. The fraction of sp³-hybridized carbons (Fsp3) is 0.900. The van der Waals surface area contributed by atoms with Gasteiger partial charge in [0.1, 0.15) is 0 Å². The van der Waals surface area contributed by atoms with Crippen molar-refractivity contribution >= 4 is 15.7 Å². The first kappa shape index (κ1) is 11.9. The smallest absolute Gasteiger partial charge is 0.234 e. The van der Waals surface area contributed by atoms with Gasteiger partial charge in [0.15, 0.2) is 9.84 Å². The molecule has 0 spiro atoms. The first-order chi connectivity index (χ1) is 7.55. The molecule has 0 radical (unpaired) electrons. The number of carbonyl (C=O) groups excluding carboxylic acids is 1. The SMILES string of the molecule is O=C(CNCC1CC1)NC1CCS(=O)(=O)C1. The average Bonchev–Trinajstić information content (AvgIpc) is 2.92. The van der Waals surface area contributed by atoms with Gasteiger partial charge in [0.2, 0.25) is 5.91 Å². The fourth-order valence-electron chi connectivity index (χ4n) is 1.90. The van der Waals surface area contributed by atoms with Crippen LogP contribution in [-0.4, -0.2) is 45.0 Å². The van der Waals surface area contributed by atoms with E-state index in [0.717, 1.165) is 12.5 Å². The molecular formula is C10H18N2O3S. The molecule has 0 aromatic heterocycles. The molecule has 0 bridgehead atoms. The normalized spacial score (nSPS) is 27.9. The topological polar surface area (TPSA) is 75.3 Å². The Morgan fingerprint density at radius 1 is 1.25 bits per heavy atom. The molecule has 1 aliphatic heterocycles. The molecule has 2 fully saturated rings. The van der Waals surface area contributed by atoms with Crippen molar-refractivity contribution in [1.82, 2.24) is 10.6 Å². The van der Waals surface area contributed by atoms with E-state index >= 15 is 0 Å². The summed E-state index contributed by atoms with van der Waals surface area (Å²) >= 11 is 0. The molecule has 1 aliphatic carbocycles. The highest BCUT2D eigenvalue weighted by Gasteiger charge is 2.28. The van der Waals surface area contributed by atoms with Gasteiger partial charge < -0.3 is 10.6 Å². The summed E-state index contributed by atoms with van der Waals surface area (Å²) in [4.78, 5) is 11.4. The molecule has 1 heterocycles. The Morgan fingerprint density at radius 3 is 2.56 bits per heavy atom. The molecule has 1 atom stereocenters. The monoisotopic (exact) mass is 246 g/mol. The lowest BCUT2D eigenvalue weighted by Gasteiger charge is -2.11. The quantitative estimate of drug-likeness (QED) is 0.672. The Labute approximate surface area is 95.9 Å². The van der Waals surface area contributed by atoms with Crippen molar-refractivity contribution in [1.29, 1.82) is 0 Å². The highest BCUT2D eigenvalue weighted by atomic mass is 32.2. The van der Waals surface area contributed by atoms with Crippen molar-refractivity contribution in [2.24, 2.45) is 5.92 Å². The molecule has 16 heavy (non-hydrogen) atoms. The third-order valence-electron chi connectivity index (χ3n) is 3.01. The van der Waals surface area contributed by atoms with Crippen LogP contribution in [0.1, 0.15) is 19.3 Å². The summed E-state index contributed by atoms with van der Waals surface area (Å²) in [6, 6.07) is -0.180. The molecule has 92 valence electrons. The number of hydrogen-bond donors (Lipinski definition) is 2. The highest BCUT2D eigenvalue weighted by molar-refractivity contribution is 7.91. The van der Waals surface area contributed by atoms with Crippen LogP contribution in [0.3, 0.4) is 0 Å². The van der Waals surface area contributed by atoms with E-state index in [2.05, 4.69) is 10.6 Å². The van der Waals surface area contributed by atoms with Crippen molar-refractivity contribution in [2.45, 2.75) is 25.3 Å². The first-order valence-corrected chi connectivity index (χ1v) is 7.58. The van der Waals surface area contributed by atoms with Crippen molar-refractivity contribution in [2.75, 3.05) is 24.6 Å². The summed E-state index contributed by atoms with van der Waals surface area (Å²) in [5, 5.41) is 5.83. The third kappa shape index (κ3) is 3.75. The minimum absolute atomic E-state index is 0.0947. The summed E-state index contributed by atoms with van der Waals surface area (Å²) in [5.41, 5.74) is 0. The highest BCUT2D eigenvalue weighted by Crippen LogP contribution is 2.27. The lowest BCUT2D eigenvalue weighted by Crippen LogP contribution is -2.41. The first-order valence-electron chi connectivity index (χ1n) is 5.76. The molecule has 0 aromatic rings. The maximum Gasteiger partial charge on any atom is 0.234 e. The molecule has 6 heteroatoms. The van der Waals surface area contributed by atoms with Crippen molar-refractivity contribution in [3.05, 3.63) is 0 Å². The second kappa shape index (κ2) is 4.71. The second-order valence-corrected chi connectivity index (χ2v) is 6.97. The Balaban J connectivity index is 1.63. The Bertz CT molecular complexity index is 362. The van der Waals surface area contributed by atoms with E-state index in [-0.39, 0.29) is 23.5 Å². The summed E-state index contributed by atoms with van der Waals surface area (Å²) in [5.74, 6) is 0.955. The predicted octanol–water partition coefficient (Wildman–Crippen LogP) is -0.711. The summed E-state index contributed by atoms with van der Waals surface area (Å²) in [6.45, 7) is 1.20. The zero-order chi connectivity index (χ0) is 11.6. The van der Waals surface area contributed by atoms with Gasteiger partial charge in [-0.25, -0.2) is 8.42 Å².